The Bertz CT molecular complexity index is 690. The molecule has 0 aliphatic heterocycles. The second-order valence-corrected chi connectivity index (χ2v) is 6.39. The molecule has 21 heavy (non-hydrogen) atoms. The van der Waals surface area contributed by atoms with E-state index in [1.54, 1.807) is 0 Å². The second kappa shape index (κ2) is 6.91. The van der Waals surface area contributed by atoms with Crippen molar-refractivity contribution in [1.29, 1.82) is 0 Å². The van der Waals surface area contributed by atoms with Crippen LogP contribution in [-0.2, 0) is 6.61 Å². The van der Waals surface area contributed by atoms with E-state index < -0.39 is 4.92 Å². The monoisotopic (exact) mass is 454 g/mol. The van der Waals surface area contributed by atoms with E-state index in [-0.39, 0.29) is 12.3 Å². The molecule has 0 spiro atoms. The first-order valence-corrected chi connectivity index (χ1v) is 7.79. The minimum Gasteiger partial charge on any atom is -0.486 e. The van der Waals surface area contributed by atoms with Gasteiger partial charge in [0.05, 0.1) is 18.9 Å². The van der Waals surface area contributed by atoms with Crippen LogP contribution in [0.5, 0.6) is 5.75 Å². The van der Waals surface area contributed by atoms with Gasteiger partial charge in [0.2, 0.25) is 0 Å². The summed E-state index contributed by atoms with van der Waals surface area (Å²) in [5.41, 5.74) is 0.602. The van der Waals surface area contributed by atoms with Crippen molar-refractivity contribution in [2.45, 2.75) is 6.61 Å². The lowest BCUT2D eigenvalue weighted by atomic mass is 10.3. The highest BCUT2D eigenvalue weighted by molar-refractivity contribution is 9.11. The maximum absolute atomic E-state index is 10.8. The molecule has 0 unspecified atom stereocenters. The van der Waals surface area contributed by atoms with Crippen LogP contribution in [0.2, 0.25) is 10.2 Å². The SMILES string of the molecule is O=[N+]([O-])c1cc(Br)c(OCc2cnc(Cl)cc2Cl)c(Br)c1. The van der Waals surface area contributed by atoms with E-state index in [1.165, 1.54) is 24.4 Å². The number of non-ortho nitro benzene ring substituents is 1. The molecule has 0 aliphatic rings. The molecule has 2 aromatic rings. The fraction of sp³-hybridized carbons (Fsp3) is 0.0833. The second-order valence-electron chi connectivity index (χ2n) is 3.88. The van der Waals surface area contributed by atoms with E-state index in [9.17, 15) is 10.1 Å². The van der Waals surface area contributed by atoms with Crippen molar-refractivity contribution in [2.75, 3.05) is 0 Å². The summed E-state index contributed by atoms with van der Waals surface area (Å²) >= 11 is 18.2. The number of pyridine rings is 1. The summed E-state index contributed by atoms with van der Waals surface area (Å²) in [4.78, 5) is 14.2. The van der Waals surface area contributed by atoms with Gasteiger partial charge in [0.15, 0.2) is 0 Å². The minimum atomic E-state index is -0.487. The summed E-state index contributed by atoms with van der Waals surface area (Å²) < 4.78 is 6.54. The highest BCUT2D eigenvalue weighted by Crippen LogP contribution is 2.37. The van der Waals surface area contributed by atoms with Gasteiger partial charge in [0.1, 0.15) is 17.5 Å². The number of benzene rings is 1. The van der Waals surface area contributed by atoms with Gasteiger partial charge in [-0.05, 0) is 37.9 Å². The predicted octanol–water partition coefficient (Wildman–Crippen LogP) is 5.40. The van der Waals surface area contributed by atoms with Crippen molar-refractivity contribution in [2.24, 2.45) is 0 Å². The Morgan fingerprint density at radius 2 is 1.86 bits per heavy atom. The van der Waals surface area contributed by atoms with Gasteiger partial charge >= 0.3 is 0 Å². The molecule has 0 saturated carbocycles. The van der Waals surface area contributed by atoms with Crippen molar-refractivity contribution in [3.05, 3.63) is 59.2 Å². The van der Waals surface area contributed by atoms with Crippen LogP contribution in [0.1, 0.15) is 5.56 Å². The molecule has 1 aromatic carbocycles. The zero-order chi connectivity index (χ0) is 15.6. The molecule has 0 radical (unpaired) electrons. The lowest BCUT2D eigenvalue weighted by Gasteiger charge is -2.11. The van der Waals surface area contributed by atoms with E-state index in [4.69, 9.17) is 27.9 Å². The molecule has 0 amide bonds. The number of hydrogen-bond acceptors (Lipinski definition) is 4. The molecule has 0 aliphatic carbocycles. The lowest BCUT2D eigenvalue weighted by Crippen LogP contribution is -1.99. The van der Waals surface area contributed by atoms with Gasteiger partial charge in [-0.25, -0.2) is 4.98 Å². The molecule has 0 N–H and O–H groups in total. The van der Waals surface area contributed by atoms with Gasteiger partial charge in [-0.3, -0.25) is 10.1 Å². The molecule has 2 rings (SSSR count). The number of ether oxygens (including phenoxy) is 1. The fourth-order valence-electron chi connectivity index (χ4n) is 1.48. The van der Waals surface area contributed by atoms with Gasteiger partial charge in [-0.15, -0.1) is 0 Å². The summed E-state index contributed by atoms with van der Waals surface area (Å²) in [6.07, 6.45) is 1.51. The molecule has 5 nitrogen and oxygen atoms in total. The van der Waals surface area contributed by atoms with Crippen LogP contribution in [0.25, 0.3) is 0 Å². The smallest absolute Gasteiger partial charge is 0.271 e. The maximum atomic E-state index is 10.8. The average Bonchev–Trinajstić information content (AvgIpc) is 2.39. The van der Waals surface area contributed by atoms with E-state index in [2.05, 4.69) is 36.8 Å². The third-order valence-corrected chi connectivity index (χ3v) is 4.20. The van der Waals surface area contributed by atoms with Crippen LogP contribution in [0.4, 0.5) is 5.69 Å². The highest BCUT2D eigenvalue weighted by atomic mass is 79.9. The van der Waals surface area contributed by atoms with Crippen LogP contribution in [0, 0.1) is 10.1 Å². The Morgan fingerprint density at radius 1 is 1.24 bits per heavy atom. The minimum absolute atomic E-state index is 0.0488. The van der Waals surface area contributed by atoms with Gasteiger partial charge in [-0.2, -0.15) is 0 Å². The van der Waals surface area contributed by atoms with E-state index >= 15 is 0 Å². The molecular weight excluding hydrogens is 451 g/mol. The topological polar surface area (TPSA) is 65.3 Å². The number of aromatic nitrogens is 1. The lowest BCUT2D eigenvalue weighted by molar-refractivity contribution is -0.385. The first kappa shape index (κ1) is 16.5. The van der Waals surface area contributed by atoms with Gasteiger partial charge in [0.25, 0.3) is 5.69 Å². The number of nitro groups is 1. The predicted molar refractivity (Wildman–Crippen MR) is 87.1 cm³/mol. The normalized spacial score (nSPS) is 10.5. The Hall–Kier alpha value is -0.890. The Balaban J connectivity index is 2.22. The zero-order valence-corrected chi connectivity index (χ0v) is 14.8. The summed E-state index contributed by atoms with van der Waals surface area (Å²) in [6, 6.07) is 4.24. The van der Waals surface area contributed by atoms with Crippen molar-refractivity contribution in [3.63, 3.8) is 0 Å². The molecule has 0 fully saturated rings. The van der Waals surface area contributed by atoms with Crippen LogP contribution in [-0.4, -0.2) is 9.91 Å². The molecule has 9 heteroatoms. The molecular formula is C12H6Br2Cl2N2O3. The number of nitrogens with zero attached hydrogens (tertiary/aromatic N) is 2. The summed E-state index contributed by atoms with van der Waals surface area (Å²) in [5, 5.41) is 11.5. The summed E-state index contributed by atoms with van der Waals surface area (Å²) in [6.45, 7) is 0.151. The van der Waals surface area contributed by atoms with Crippen LogP contribution < -0.4 is 4.74 Å². The Labute approximate surface area is 146 Å². The first-order valence-electron chi connectivity index (χ1n) is 5.44. The zero-order valence-electron chi connectivity index (χ0n) is 10.1. The van der Waals surface area contributed by atoms with Crippen LogP contribution >= 0.6 is 55.1 Å². The van der Waals surface area contributed by atoms with Gasteiger partial charge in [-0.1, -0.05) is 23.2 Å². The fourth-order valence-corrected chi connectivity index (χ4v) is 3.29. The maximum Gasteiger partial charge on any atom is 0.271 e. The van der Waals surface area contributed by atoms with Crippen molar-refractivity contribution in [3.8, 4) is 5.75 Å². The van der Waals surface area contributed by atoms with E-state index in [1.807, 2.05) is 0 Å². The average molecular weight is 457 g/mol. The Morgan fingerprint density at radius 3 is 2.38 bits per heavy atom. The third kappa shape index (κ3) is 4.06. The van der Waals surface area contributed by atoms with Crippen molar-refractivity contribution >= 4 is 60.7 Å². The van der Waals surface area contributed by atoms with E-state index in [0.717, 1.165) is 0 Å². The third-order valence-electron chi connectivity index (χ3n) is 2.46. The van der Waals surface area contributed by atoms with Crippen molar-refractivity contribution < 1.29 is 9.66 Å². The molecule has 0 bridgehead atoms. The quantitative estimate of drug-likeness (QED) is 0.351. The molecule has 1 aromatic heterocycles. The number of nitro benzene ring substituents is 1. The summed E-state index contributed by atoms with van der Waals surface area (Å²) in [7, 11) is 0. The number of hydrogen-bond donors (Lipinski definition) is 0. The highest BCUT2D eigenvalue weighted by Gasteiger charge is 2.15. The van der Waals surface area contributed by atoms with Crippen LogP contribution in [0.15, 0.2) is 33.3 Å². The molecule has 0 atom stereocenters. The molecule has 1 heterocycles. The van der Waals surface area contributed by atoms with Gasteiger partial charge < -0.3 is 4.74 Å². The molecule has 110 valence electrons. The molecule has 0 saturated heterocycles. The van der Waals surface area contributed by atoms with E-state index in [0.29, 0.717) is 30.4 Å². The summed E-state index contributed by atoms with van der Waals surface area (Å²) in [5.74, 6) is 0.437. The Kier molecular flexibility index (Phi) is 5.43. The number of halogens is 4. The van der Waals surface area contributed by atoms with Gasteiger partial charge in [0, 0.05) is 23.9 Å². The largest absolute Gasteiger partial charge is 0.486 e. The first-order chi connectivity index (χ1) is 9.88. The van der Waals surface area contributed by atoms with Crippen LogP contribution in [0.3, 0.4) is 0 Å². The standard InChI is InChI=1S/C12H6Br2Cl2N2O3/c13-8-1-7(18(19)20)2-9(14)12(8)21-5-6-4-17-11(16)3-10(6)15/h1-4H,5H2. The number of rotatable bonds is 4. The van der Waals surface area contributed by atoms with Crippen molar-refractivity contribution in [1.82, 2.24) is 4.98 Å².